The van der Waals surface area contributed by atoms with Gasteiger partial charge in [0.15, 0.2) is 5.78 Å². The standard InChI is InChI=1S/C19H27NO3S/c1-23-16-7-2-5-14(11-16)12-19(22)20-9-3-6-15(20)13-17(21)18-8-4-10-24-18/h4,8,10,14-16H,2-3,5-7,9,11-13H2,1H3/t14-,15-,16-/m1/s1. The zero-order valence-corrected chi connectivity index (χ0v) is 15.2. The smallest absolute Gasteiger partial charge is 0.223 e. The van der Waals surface area contributed by atoms with Crippen LogP contribution in [0.2, 0.25) is 0 Å². The molecule has 1 aliphatic heterocycles. The molecule has 2 fully saturated rings. The summed E-state index contributed by atoms with van der Waals surface area (Å²) in [7, 11) is 1.77. The Morgan fingerprint density at radius 2 is 2.12 bits per heavy atom. The highest BCUT2D eigenvalue weighted by molar-refractivity contribution is 7.12. The van der Waals surface area contributed by atoms with Crippen LogP contribution in [0.4, 0.5) is 0 Å². The van der Waals surface area contributed by atoms with Crippen LogP contribution in [0, 0.1) is 5.92 Å². The molecule has 0 bridgehead atoms. The lowest BCUT2D eigenvalue weighted by Crippen LogP contribution is -2.38. The Kier molecular flexibility index (Phi) is 6.06. The van der Waals surface area contributed by atoms with Crippen molar-refractivity contribution in [3.63, 3.8) is 0 Å². The lowest BCUT2D eigenvalue weighted by Gasteiger charge is -2.30. The molecular formula is C19H27NO3S. The maximum Gasteiger partial charge on any atom is 0.223 e. The summed E-state index contributed by atoms with van der Waals surface area (Å²) in [6, 6.07) is 3.88. The van der Waals surface area contributed by atoms with E-state index in [0.717, 1.165) is 49.9 Å². The van der Waals surface area contributed by atoms with E-state index < -0.39 is 0 Å². The molecule has 0 unspecified atom stereocenters. The van der Waals surface area contributed by atoms with Gasteiger partial charge in [0.25, 0.3) is 0 Å². The molecule has 1 saturated carbocycles. The molecule has 1 aliphatic carbocycles. The van der Waals surface area contributed by atoms with E-state index in [0.29, 0.717) is 24.9 Å². The topological polar surface area (TPSA) is 46.6 Å². The summed E-state index contributed by atoms with van der Waals surface area (Å²) < 4.78 is 5.48. The van der Waals surface area contributed by atoms with Gasteiger partial charge in [-0.05, 0) is 49.5 Å². The highest BCUT2D eigenvalue weighted by atomic mass is 32.1. The first-order chi connectivity index (χ1) is 11.7. The van der Waals surface area contributed by atoms with Gasteiger partial charge in [-0.3, -0.25) is 9.59 Å². The second-order valence-electron chi connectivity index (χ2n) is 7.08. The fourth-order valence-electron chi connectivity index (χ4n) is 4.13. The molecule has 0 spiro atoms. The molecule has 2 heterocycles. The van der Waals surface area contributed by atoms with Gasteiger partial charge in [-0.2, -0.15) is 0 Å². The molecule has 132 valence electrons. The third kappa shape index (κ3) is 4.25. The van der Waals surface area contributed by atoms with Crippen molar-refractivity contribution >= 4 is 23.0 Å². The summed E-state index contributed by atoms with van der Waals surface area (Å²) in [4.78, 5) is 27.9. The Labute approximate surface area is 148 Å². The van der Waals surface area contributed by atoms with Crippen LogP contribution in [0.25, 0.3) is 0 Å². The van der Waals surface area contributed by atoms with Gasteiger partial charge in [-0.25, -0.2) is 0 Å². The maximum absolute atomic E-state index is 12.8. The Morgan fingerprint density at radius 3 is 2.88 bits per heavy atom. The summed E-state index contributed by atoms with van der Waals surface area (Å²) in [5.41, 5.74) is 0. The fraction of sp³-hybridized carbons (Fsp3) is 0.684. The van der Waals surface area contributed by atoms with Crippen molar-refractivity contribution in [1.29, 1.82) is 0 Å². The normalized spacial score (nSPS) is 27.4. The molecule has 1 aromatic heterocycles. The zero-order chi connectivity index (χ0) is 16.9. The van der Waals surface area contributed by atoms with Crippen LogP contribution in [0.5, 0.6) is 0 Å². The molecule has 3 rings (SSSR count). The molecule has 5 heteroatoms. The molecule has 4 nitrogen and oxygen atoms in total. The monoisotopic (exact) mass is 349 g/mol. The highest BCUT2D eigenvalue weighted by Gasteiger charge is 2.33. The predicted molar refractivity (Wildman–Crippen MR) is 95.4 cm³/mol. The molecule has 24 heavy (non-hydrogen) atoms. The van der Waals surface area contributed by atoms with Gasteiger partial charge in [0.1, 0.15) is 0 Å². The Bertz CT molecular complexity index is 557. The summed E-state index contributed by atoms with van der Waals surface area (Å²) in [5, 5.41) is 1.93. The van der Waals surface area contributed by atoms with Gasteiger partial charge >= 0.3 is 0 Å². The number of thiophene rings is 1. The van der Waals surface area contributed by atoms with Crippen LogP contribution in [0.3, 0.4) is 0 Å². The lowest BCUT2D eigenvalue weighted by molar-refractivity contribution is -0.133. The largest absolute Gasteiger partial charge is 0.381 e. The molecule has 0 N–H and O–H groups in total. The van der Waals surface area contributed by atoms with Gasteiger partial charge in [0.05, 0.1) is 11.0 Å². The summed E-state index contributed by atoms with van der Waals surface area (Å²) in [6.07, 6.45) is 7.74. The maximum atomic E-state index is 12.8. The molecule has 1 saturated heterocycles. The summed E-state index contributed by atoms with van der Waals surface area (Å²) in [6.45, 7) is 0.807. The number of hydrogen-bond donors (Lipinski definition) is 0. The lowest BCUT2D eigenvalue weighted by atomic mass is 9.84. The Balaban J connectivity index is 1.54. The van der Waals surface area contributed by atoms with E-state index in [-0.39, 0.29) is 17.7 Å². The van der Waals surface area contributed by atoms with Crippen molar-refractivity contribution in [3.05, 3.63) is 22.4 Å². The van der Waals surface area contributed by atoms with Crippen molar-refractivity contribution in [3.8, 4) is 0 Å². The number of Topliss-reactive ketones (excluding diaryl/α,β-unsaturated/α-hetero) is 1. The van der Waals surface area contributed by atoms with Crippen LogP contribution in [0.15, 0.2) is 17.5 Å². The van der Waals surface area contributed by atoms with E-state index in [1.807, 2.05) is 22.4 Å². The molecule has 1 amide bonds. The third-order valence-corrected chi connectivity index (χ3v) is 6.36. The third-order valence-electron chi connectivity index (χ3n) is 5.45. The van der Waals surface area contributed by atoms with Crippen molar-refractivity contribution in [2.75, 3.05) is 13.7 Å². The van der Waals surface area contributed by atoms with Crippen molar-refractivity contribution < 1.29 is 14.3 Å². The number of carbonyl (C=O) groups is 2. The first kappa shape index (κ1) is 17.6. The van der Waals surface area contributed by atoms with Gasteiger partial charge in [-0.15, -0.1) is 11.3 Å². The molecule has 0 radical (unpaired) electrons. The number of amides is 1. The number of methoxy groups -OCH3 is 1. The van der Waals surface area contributed by atoms with Gasteiger partial charge in [-0.1, -0.05) is 12.5 Å². The number of ether oxygens (including phenoxy) is 1. The molecular weight excluding hydrogens is 322 g/mol. The van der Waals surface area contributed by atoms with Gasteiger partial charge in [0, 0.05) is 32.5 Å². The van der Waals surface area contributed by atoms with Crippen LogP contribution in [-0.2, 0) is 9.53 Å². The number of carbonyl (C=O) groups excluding carboxylic acids is 2. The van der Waals surface area contributed by atoms with E-state index in [1.165, 1.54) is 11.3 Å². The van der Waals surface area contributed by atoms with Gasteiger partial charge < -0.3 is 9.64 Å². The molecule has 1 aromatic rings. The first-order valence-corrected chi connectivity index (χ1v) is 9.94. The summed E-state index contributed by atoms with van der Waals surface area (Å²) >= 11 is 1.49. The van der Waals surface area contributed by atoms with E-state index in [4.69, 9.17) is 4.74 Å². The second-order valence-corrected chi connectivity index (χ2v) is 8.03. The number of nitrogens with zero attached hydrogens (tertiary/aromatic N) is 1. The molecule has 3 atom stereocenters. The van der Waals surface area contributed by atoms with Crippen molar-refractivity contribution in [2.45, 2.75) is 63.5 Å². The van der Waals surface area contributed by atoms with E-state index in [2.05, 4.69) is 0 Å². The SMILES string of the molecule is CO[C@@H]1CCC[C@@H](CC(=O)N2CCC[C@@H]2CC(=O)c2cccs2)C1. The number of likely N-dealkylation sites (tertiary alicyclic amines) is 1. The van der Waals surface area contributed by atoms with E-state index >= 15 is 0 Å². The minimum Gasteiger partial charge on any atom is -0.381 e. The quantitative estimate of drug-likeness (QED) is 0.732. The van der Waals surface area contributed by atoms with Gasteiger partial charge in [0.2, 0.25) is 5.91 Å². The number of hydrogen-bond acceptors (Lipinski definition) is 4. The summed E-state index contributed by atoms with van der Waals surface area (Å²) in [5.74, 6) is 0.843. The number of rotatable bonds is 6. The zero-order valence-electron chi connectivity index (χ0n) is 14.4. The van der Waals surface area contributed by atoms with E-state index in [9.17, 15) is 9.59 Å². The molecule has 2 aliphatic rings. The van der Waals surface area contributed by atoms with E-state index in [1.54, 1.807) is 7.11 Å². The average Bonchev–Trinajstić information content (AvgIpc) is 3.26. The van der Waals surface area contributed by atoms with Crippen molar-refractivity contribution in [2.24, 2.45) is 5.92 Å². The minimum atomic E-state index is 0.0916. The molecule has 0 aromatic carbocycles. The van der Waals surface area contributed by atoms with Crippen LogP contribution in [-0.4, -0.2) is 42.4 Å². The Morgan fingerprint density at radius 1 is 1.25 bits per heavy atom. The first-order valence-electron chi connectivity index (χ1n) is 9.06. The van der Waals surface area contributed by atoms with Crippen LogP contribution in [0.1, 0.15) is 61.0 Å². The fourth-order valence-corrected chi connectivity index (χ4v) is 4.81. The average molecular weight is 349 g/mol. The number of ketones is 1. The van der Waals surface area contributed by atoms with Crippen LogP contribution < -0.4 is 0 Å². The Hall–Kier alpha value is -1.20. The minimum absolute atomic E-state index is 0.0916. The second kappa shape index (κ2) is 8.26. The highest BCUT2D eigenvalue weighted by Crippen LogP contribution is 2.31. The predicted octanol–water partition coefficient (Wildman–Crippen LogP) is 3.91. The van der Waals surface area contributed by atoms with Crippen LogP contribution >= 0.6 is 11.3 Å². The van der Waals surface area contributed by atoms with Crippen molar-refractivity contribution in [1.82, 2.24) is 4.90 Å².